The second-order valence-electron chi connectivity index (χ2n) is 11.4. The zero-order valence-electron chi connectivity index (χ0n) is 24.8. The number of amides is 5. The molecule has 5 N–H and O–H groups in total. The monoisotopic (exact) mass is 642 g/mol. The molecule has 0 saturated carbocycles. The average Bonchev–Trinajstić information content (AvgIpc) is 3.50. The number of imide groups is 1. The molecule has 0 aliphatic carbocycles. The fourth-order valence-corrected chi connectivity index (χ4v) is 8.71. The molecule has 240 valence electrons. The number of aliphatic carboxylic acids is 1. The lowest BCUT2D eigenvalue weighted by Crippen LogP contribution is -2.63. The summed E-state index contributed by atoms with van der Waals surface area (Å²) in [5.41, 5.74) is 5.02. The summed E-state index contributed by atoms with van der Waals surface area (Å²) in [6.07, 6.45) is -0.570. The highest BCUT2D eigenvalue weighted by Crippen LogP contribution is 2.51. The lowest BCUT2D eigenvalue weighted by Gasteiger charge is -2.46. The predicted molar refractivity (Wildman–Crippen MR) is 161 cm³/mol. The number of rotatable bonds is 12. The molecule has 0 spiro atoms. The molecule has 3 saturated heterocycles. The van der Waals surface area contributed by atoms with E-state index in [4.69, 9.17) is 10.5 Å². The Labute approximate surface area is 259 Å². The van der Waals surface area contributed by atoms with E-state index in [9.17, 15) is 34.2 Å². The summed E-state index contributed by atoms with van der Waals surface area (Å²) in [7, 11) is 1.51. The van der Waals surface area contributed by atoms with Crippen molar-refractivity contribution in [2.75, 3.05) is 64.4 Å². The van der Waals surface area contributed by atoms with Crippen molar-refractivity contribution in [3.63, 3.8) is 0 Å². The number of hydrogen-bond acceptors (Lipinski definition) is 11. The Morgan fingerprint density at radius 1 is 1.21 bits per heavy atom. The van der Waals surface area contributed by atoms with Crippen LogP contribution < -0.4 is 11.1 Å². The SMILES string of the molecule is C[C@@H](O)[C@H]1C(=O)N2C(C(=O)O)=C(S[C@@H]3CN[C@H](CSCCC(=O)N(C)C(=O)N4CCN(CCOC(N)=O)CC4)C3)[C@H](C)[C@H]12. The number of piperazine rings is 1. The minimum Gasteiger partial charge on any atom is -0.477 e. The predicted octanol–water partition coefficient (Wildman–Crippen LogP) is 0.0184. The zero-order chi connectivity index (χ0) is 31.4. The highest BCUT2D eigenvalue weighted by molar-refractivity contribution is 8.03. The first-order valence-electron chi connectivity index (χ1n) is 14.6. The molecule has 0 aromatic rings. The first-order chi connectivity index (χ1) is 20.4. The van der Waals surface area contributed by atoms with Crippen LogP contribution in [0.1, 0.15) is 26.7 Å². The molecule has 0 unspecified atom stereocenters. The van der Waals surface area contributed by atoms with Gasteiger partial charge in [-0.2, -0.15) is 11.8 Å². The summed E-state index contributed by atoms with van der Waals surface area (Å²) in [6.45, 7) is 7.14. The molecule has 14 nitrogen and oxygen atoms in total. The molecular formula is C27H42N6O8S2. The summed E-state index contributed by atoms with van der Waals surface area (Å²) < 4.78 is 4.75. The van der Waals surface area contributed by atoms with Gasteiger partial charge in [-0.1, -0.05) is 6.92 Å². The number of carboxylic acid groups (broad SMARTS) is 1. The Morgan fingerprint density at radius 2 is 1.91 bits per heavy atom. The molecule has 6 atom stereocenters. The van der Waals surface area contributed by atoms with E-state index in [-0.39, 0.29) is 59.8 Å². The van der Waals surface area contributed by atoms with Gasteiger partial charge in [-0.05, 0) is 13.3 Å². The number of carboxylic acids is 1. The number of hydrogen-bond donors (Lipinski definition) is 4. The Morgan fingerprint density at radius 3 is 2.53 bits per heavy atom. The van der Waals surface area contributed by atoms with Crippen LogP contribution >= 0.6 is 23.5 Å². The normalized spacial score (nSPS) is 28.0. The van der Waals surface area contributed by atoms with Crippen LogP contribution in [0.15, 0.2) is 10.6 Å². The molecule has 0 bridgehead atoms. The van der Waals surface area contributed by atoms with Gasteiger partial charge in [0.05, 0.1) is 18.1 Å². The number of carbonyl (C=O) groups is 5. The standard InChI is InChI=1S/C27H42N6O8S2/c1-15-21-20(16(2)34)24(36)33(21)22(25(37)38)23(15)43-18-12-17(29-13-18)14-42-11-4-19(35)30(3)27(40)32-7-5-31(6-8-32)9-10-41-26(28)39/h15-18,20-21,29,34H,4-14H2,1-3H3,(H2,28,39)(H,37,38)/t15-,16-,17+,18+,20-,21-/m1/s1. The van der Waals surface area contributed by atoms with Gasteiger partial charge in [0.1, 0.15) is 12.3 Å². The van der Waals surface area contributed by atoms with E-state index < -0.39 is 24.1 Å². The number of carbonyl (C=O) groups excluding carboxylic acids is 4. The largest absolute Gasteiger partial charge is 0.477 e. The van der Waals surface area contributed by atoms with Gasteiger partial charge in [0, 0.05) is 86.4 Å². The minimum atomic E-state index is -1.12. The van der Waals surface area contributed by atoms with Gasteiger partial charge in [-0.15, -0.1) is 11.8 Å². The summed E-state index contributed by atoms with van der Waals surface area (Å²) in [4.78, 5) is 67.8. The average molecular weight is 643 g/mol. The van der Waals surface area contributed by atoms with Gasteiger partial charge in [0.15, 0.2) is 0 Å². The van der Waals surface area contributed by atoms with Crippen molar-refractivity contribution in [3.8, 4) is 0 Å². The van der Waals surface area contributed by atoms with Gasteiger partial charge in [-0.25, -0.2) is 14.4 Å². The molecule has 0 radical (unpaired) electrons. The summed E-state index contributed by atoms with van der Waals surface area (Å²) >= 11 is 3.15. The summed E-state index contributed by atoms with van der Waals surface area (Å²) in [5.74, 6) is -1.05. The van der Waals surface area contributed by atoms with Crippen LogP contribution in [0.25, 0.3) is 0 Å². The molecule has 4 rings (SSSR count). The van der Waals surface area contributed by atoms with Crippen molar-refractivity contribution in [1.82, 2.24) is 24.9 Å². The van der Waals surface area contributed by atoms with Gasteiger partial charge in [-0.3, -0.25) is 19.4 Å². The maximum atomic E-state index is 12.8. The molecule has 0 aromatic carbocycles. The minimum absolute atomic E-state index is 0.0519. The number of thioether (sulfide) groups is 2. The number of nitrogens with one attached hydrogen (secondary N) is 1. The third-order valence-electron chi connectivity index (χ3n) is 8.52. The van der Waals surface area contributed by atoms with E-state index in [0.717, 1.165) is 12.2 Å². The highest BCUT2D eigenvalue weighted by Gasteiger charge is 2.60. The number of nitrogens with two attached hydrogens (primary N) is 1. The topological polar surface area (TPSA) is 186 Å². The van der Waals surface area contributed by atoms with Crippen molar-refractivity contribution in [2.24, 2.45) is 17.6 Å². The van der Waals surface area contributed by atoms with E-state index in [1.807, 2.05) is 6.92 Å². The van der Waals surface area contributed by atoms with Crippen LogP contribution in [0.4, 0.5) is 9.59 Å². The first-order valence-corrected chi connectivity index (χ1v) is 16.6. The van der Waals surface area contributed by atoms with Gasteiger partial charge < -0.3 is 35.8 Å². The van der Waals surface area contributed by atoms with Crippen LogP contribution in [-0.2, 0) is 19.1 Å². The fourth-order valence-electron chi connectivity index (χ4n) is 6.17. The number of β-lactam (4-membered cyclic amide) rings is 1. The number of primary amides is 1. The lowest BCUT2D eigenvalue weighted by molar-refractivity contribution is -0.163. The second kappa shape index (κ2) is 14.5. The molecule has 4 aliphatic rings. The molecule has 0 aromatic heterocycles. The molecule has 16 heteroatoms. The molecule has 4 heterocycles. The molecule has 3 fully saturated rings. The van der Waals surface area contributed by atoms with Crippen LogP contribution in [0.5, 0.6) is 0 Å². The van der Waals surface area contributed by atoms with Gasteiger partial charge >= 0.3 is 18.1 Å². The van der Waals surface area contributed by atoms with Crippen LogP contribution in [0.3, 0.4) is 0 Å². The number of aliphatic hydroxyl groups excluding tert-OH is 1. The summed E-state index contributed by atoms with van der Waals surface area (Å²) in [6, 6.07) is -0.428. The third-order valence-corrected chi connectivity index (χ3v) is 11.2. The number of fused-ring (bicyclic) bond motifs is 1. The highest BCUT2D eigenvalue weighted by atomic mass is 32.2. The van der Waals surface area contributed by atoms with E-state index in [2.05, 4.69) is 10.2 Å². The van der Waals surface area contributed by atoms with E-state index in [1.54, 1.807) is 23.6 Å². The Kier molecular flexibility index (Phi) is 11.3. The Balaban J connectivity index is 1.15. The van der Waals surface area contributed by atoms with Crippen LogP contribution in [-0.4, -0.2) is 148 Å². The van der Waals surface area contributed by atoms with Gasteiger partial charge in [0.25, 0.3) is 0 Å². The van der Waals surface area contributed by atoms with Crippen molar-refractivity contribution < 1.29 is 38.9 Å². The zero-order valence-corrected chi connectivity index (χ0v) is 26.4. The number of aliphatic hydroxyl groups is 1. The maximum absolute atomic E-state index is 12.8. The van der Waals surface area contributed by atoms with Crippen LogP contribution in [0, 0.1) is 11.8 Å². The van der Waals surface area contributed by atoms with E-state index in [0.29, 0.717) is 49.9 Å². The third kappa shape index (κ3) is 7.59. The van der Waals surface area contributed by atoms with Gasteiger partial charge in [0.2, 0.25) is 11.8 Å². The van der Waals surface area contributed by atoms with Crippen molar-refractivity contribution in [2.45, 2.75) is 50.1 Å². The second-order valence-corrected chi connectivity index (χ2v) is 13.9. The van der Waals surface area contributed by atoms with E-state index >= 15 is 0 Å². The van der Waals surface area contributed by atoms with E-state index in [1.165, 1.54) is 28.6 Å². The van der Waals surface area contributed by atoms with Crippen LogP contribution in [0.2, 0.25) is 0 Å². The Bertz CT molecular complexity index is 1130. The quantitative estimate of drug-likeness (QED) is 0.165. The summed E-state index contributed by atoms with van der Waals surface area (Å²) in [5, 5.41) is 23.5. The lowest BCUT2D eigenvalue weighted by atomic mass is 9.79. The maximum Gasteiger partial charge on any atom is 0.404 e. The molecule has 43 heavy (non-hydrogen) atoms. The smallest absolute Gasteiger partial charge is 0.404 e. The Hall–Kier alpha value is -2.53. The molecule has 4 aliphatic heterocycles. The molecule has 5 amide bonds. The van der Waals surface area contributed by atoms with Crippen molar-refractivity contribution in [3.05, 3.63) is 10.6 Å². The first kappa shape index (κ1) is 33.4. The number of ether oxygens (including phenoxy) is 1. The number of nitrogens with zero attached hydrogens (tertiary/aromatic N) is 4. The van der Waals surface area contributed by atoms with Crippen molar-refractivity contribution in [1.29, 1.82) is 0 Å². The fraction of sp³-hybridized carbons (Fsp3) is 0.741. The van der Waals surface area contributed by atoms with Crippen molar-refractivity contribution >= 4 is 53.4 Å². The molecular weight excluding hydrogens is 600 g/mol. The number of urea groups is 1.